The van der Waals surface area contributed by atoms with Crippen molar-refractivity contribution < 1.29 is 9.53 Å². The minimum absolute atomic E-state index is 0.492. The maximum absolute atomic E-state index is 11.1. The van der Waals surface area contributed by atoms with E-state index in [-0.39, 0.29) is 0 Å². The van der Waals surface area contributed by atoms with Crippen molar-refractivity contribution in [2.24, 2.45) is 0 Å². The quantitative estimate of drug-likeness (QED) is 0.771. The van der Waals surface area contributed by atoms with Crippen LogP contribution < -0.4 is 5.32 Å². The maximum atomic E-state index is 11.1. The zero-order valence-electron chi connectivity index (χ0n) is 9.76. The molecular weight excluding hydrogens is 192 g/mol. The zero-order chi connectivity index (χ0) is 11.6. The first kappa shape index (κ1) is 11.5. The molecule has 4 nitrogen and oxygen atoms in total. The number of carbonyl (C=O) groups excluding carboxylic acids is 1. The summed E-state index contributed by atoms with van der Waals surface area (Å²) in [5.41, 5.74) is 4.20. The molecule has 0 fully saturated rings. The second-order valence-electron chi connectivity index (χ2n) is 3.54. The molecule has 0 aliphatic rings. The minimum Gasteiger partial charge on any atom is -0.453 e. The van der Waals surface area contributed by atoms with Gasteiger partial charge in [0.05, 0.1) is 7.11 Å². The fraction of sp³-hybridized carbons (Fsp3) is 0.455. The molecule has 0 bridgehead atoms. The molecule has 0 aromatic carbocycles. The Kier molecular flexibility index (Phi) is 3.29. The van der Waals surface area contributed by atoms with E-state index >= 15 is 0 Å². The third-order valence-corrected chi connectivity index (χ3v) is 2.71. The first-order valence-electron chi connectivity index (χ1n) is 4.76. The number of aromatic nitrogens is 1. The number of anilines is 1. The van der Waals surface area contributed by atoms with Crippen LogP contribution in [0.15, 0.2) is 0 Å². The van der Waals surface area contributed by atoms with Crippen molar-refractivity contribution in [2.75, 3.05) is 12.4 Å². The lowest BCUT2D eigenvalue weighted by molar-refractivity contribution is 0.187. The van der Waals surface area contributed by atoms with Crippen LogP contribution in [0.25, 0.3) is 0 Å². The number of nitrogens with one attached hydrogen (secondary N) is 1. The van der Waals surface area contributed by atoms with Crippen molar-refractivity contribution in [3.05, 3.63) is 22.4 Å². The lowest BCUT2D eigenvalue weighted by atomic mass is 10.0. The van der Waals surface area contributed by atoms with E-state index in [1.807, 2.05) is 27.7 Å². The summed E-state index contributed by atoms with van der Waals surface area (Å²) in [6.45, 7) is 7.89. The number of rotatable bonds is 1. The van der Waals surface area contributed by atoms with E-state index in [1.54, 1.807) is 0 Å². The van der Waals surface area contributed by atoms with Crippen molar-refractivity contribution >= 4 is 11.9 Å². The molecule has 0 saturated heterocycles. The first-order chi connectivity index (χ1) is 6.97. The number of hydrogen-bond acceptors (Lipinski definition) is 3. The van der Waals surface area contributed by atoms with E-state index in [9.17, 15) is 4.79 Å². The summed E-state index contributed by atoms with van der Waals surface area (Å²) in [6, 6.07) is 0. The molecule has 1 aromatic rings. The van der Waals surface area contributed by atoms with Gasteiger partial charge in [0.2, 0.25) is 0 Å². The molecule has 0 unspecified atom stereocenters. The number of ether oxygens (including phenoxy) is 1. The van der Waals surface area contributed by atoms with Gasteiger partial charge in [0.15, 0.2) is 0 Å². The highest BCUT2D eigenvalue weighted by atomic mass is 16.5. The van der Waals surface area contributed by atoms with E-state index < -0.39 is 6.09 Å². The molecule has 1 amide bonds. The molecule has 0 saturated carbocycles. The molecule has 1 rings (SSSR count). The van der Waals surface area contributed by atoms with Gasteiger partial charge in [-0.2, -0.15) is 0 Å². The van der Waals surface area contributed by atoms with Crippen LogP contribution in [0.3, 0.4) is 0 Å². The smallest absolute Gasteiger partial charge is 0.412 e. The highest BCUT2D eigenvalue weighted by molar-refractivity contribution is 5.84. The fourth-order valence-corrected chi connectivity index (χ4v) is 1.34. The number of nitrogens with zero attached hydrogens (tertiary/aromatic N) is 1. The molecule has 1 N–H and O–H groups in total. The van der Waals surface area contributed by atoms with Gasteiger partial charge in [0.25, 0.3) is 0 Å². The highest BCUT2D eigenvalue weighted by Crippen LogP contribution is 2.21. The number of pyridine rings is 1. The molecule has 0 aliphatic carbocycles. The Morgan fingerprint density at radius 3 is 2.27 bits per heavy atom. The SMILES string of the molecule is COC(=O)Nc1nc(C)c(C)c(C)c1C. The van der Waals surface area contributed by atoms with E-state index in [4.69, 9.17) is 0 Å². The van der Waals surface area contributed by atoms with Crippen LogP contribution in [0.4, 0.5) is 10.6 Å². The van der Waals surface area contributed by atoms with Crippen molar-refractivity contribution in [2.45, 2.75) is 27.7 Å². The molecule has 15 heavy (non-hydrogen) atoms. The Morgan fingerprint density at radius 1 is 1.13 bits per heavy atom. The average Bonchev–Trinajstić information content (AvgIpc) is 2.22. The van der Waals surface area contributed by atoms with Crippen LogP contribution in [0, 0.1) is 27.7 Å². The zero-order valence-corrected chi connectivity index (χ0v) is 9.76. The van der Waals surface area contributed by atoms with Gasteiger partial charge in [-0.05, 0) is 44.4 Å². The van der Waals surface area contributed by atoms with Gasteiger partial charge in [-0.3, -0.25) is 5.32 Å². The Labute approximate surface area is 89.7 Å². The Hall–Kier alpha value is -1.58. The second kappa shape index (κ2) is 4.29. The molecule has 1 aromatic heterocycles. The first-order valence-corrected chi connectivity index (χ1v) is 4.76. The van der Waals surface area contributed by atoms with Gasteiger partial charge in [-0.25, -0.2) is 9.78 Å². The van der Waals surface area contributed by atoms with E-state index in [0.29, 0.717) is 5.82 Å². The second-order valence-corrected chi connectivity index (χ2v) is 3.54. The van der Waals surface area contributed by atoms with Crippen molar-refractivity contribution in [3.8, 4) is 0 Å². The van der Waals surface area contributed by atoms with E-state index in [1.165, 1.54) is 7.11 Å². The molecule has 1 heterocycles. The van der Waals surface area contributed by atoms with E-state index in [0.717, 1.165) is 22.4 Å². The largest absolute Gasteiger partial charge is 0.453 e. The summed E-state index contributed by atoms with van der Waals surface area (Å²) in [4.78, 5) is 15.4. The Balaban J connectivity index is 3.15. The number of carbonyl (C=O) groups is 1. The van der Waals surface area contributed by atoms with Crippen LogP contribution in [-0.4, -0.2) is 18.2 Å². The average molecular weight is 208 g/mol. The Bertz CT molecular complexity index is 400. The third-order valence-electron chi connectivity index (χ3n) is 2.71. The summed E-state index contributed by atoms with van der Waals surface area (Å²) in [5, 5.41) is 2.60. The van der Waals surface area contributed by atoms with Crippen LogP contribution in [0.5, 0.6) is 0 Å². The van der Waals surface area contributed by atoms with Crippen molar-refractivity contribution in [3.63, 3.8) is 0 Å². The van der Waals surface area contributed by atoms with Crippen LogP contribution in [0.2, 0.25) is 0 Å². The number of aryl methyl sites for hydroxylation is 1. The van der Waals surface area contributed by atoms with Gasteiger partial charge >= 0.3 is 6.09 Å². The summed E-state index contributed by atoms with van der Waals surface area (Å²) >= 11 is 0. The summed E-state index contributed by atoms with van der Waals surface area (Å²) in [7, 11) is 1.33. The summed E-state index contributed by atoms with van der Waals surface area (Å²) in [5.74, 6) is 0.572. The normalized spacial score (nSPS) is 9.93. The van der Waals surface area contributed by atoms with Gasteiger partial charge in [-0.1, -0.05) is 0 Å². The molecule has 0 aliphatic heterocycles. The van der Waals surface area contributed by atoms with Crippen molar-refractivity contribution in [1.82, 2.24) is 4.98 Å². The predicted molar refractivity (Wildman–Crippen MR) is 59.2 cm³/mol. The van der Waals surface area contributed by atoms with Gasteiger partial charge < -0.3 is 4.74 Å². The third kappa shape index (κ3) is 2.26. The summed E-state index contributed by atoms with van der Waals surface area (Å²) in [6.07, 6.45) is -0.492. The number of hydrogen-bond donors (Lipinski definition) is 1. The highest BCUT2D eigenvalue weighted by Gasteiger charge is 2.10. The lowest BCUT2D eigenvalue weighted by Crippen LogP contribution is -2.14. The van der Waals surface area contributed by atoms with Crippen LogP contribution in [0.1, 0.15) is 22.4 Å². The van der Waals surface area contributed by atoms with Gasteiger partial charge in [-0.15, -0.1) is 0 Å². The molecule has 0 spiro atoms. The maximum Gasteiger partial charge on any atom is 0.412 e. The van der Waals surface area contributed by atoms with Gasteiger partial charge in [0, 0.05) is 5.69 Å². The fourth-order valence-electron chi connectivity index (χ4n) is 1.34. The van der Waals surface area contributed by atoms with E-state index in [2.05, 4.69) is 15.0 Å². The van der Waals surface area contributed by atoms with Gasteiger partial charge in [0.1, 0.15) is 5.82 Å². The van der Waals surface area contributed by atoms with Crippen molar-refractivity contribution in [1.29, 1.82) is 0 Å². The topological polar surface area (TPSA) is 51.2 Å². The molecule has 0 atom stereocenters. The van der Waals surface area contributed by atoms with Crippen LogP contribution in [-0.2, 0) is 4.74 Å². The molecule has 0 radical (unpaired) electrons. The lowest BCUT2D eigenvalue weighted by Gasteiger charge is -2.13. The predicted octanol–water partition coefficient (Wildman–Crippen LogP) is 2.49. The number of amides is 1. The molecular formula is C11H16N2O2. The molecule has 82 valence electrons. The Morgan fingerprint density at radius 2 is 1.73 bits per heavy atom. The monoisotopic (exact) mass is 208 g/mol. The standard InChI is InChI=1S/C11H16N2O2/c1-6-7(2)9(4)12-10(8(6)3)13-11(14)15-5/h1-5H3,(H,12,13,14). The number of methoxy groups -OCH3 is 1. The summed E-state index contributed by atoms with van der Waals surface area (Å²) < 4.78 is 4.53. The minimum atomic E-state index is -0.492. The molecule has 4 heteroatoms. The van der Waals surface area contributed by atoms with Crippen LogP contribution >= 0.6 is 0 Å².